The van der Waals surface area contributed by atoms with Crippen molar-refractivity contribution >= 4 is 17.2 Å². The van der Waals surface area contributed by atoms with Gasteiger partial charge in [0.05, 0.1) is 12.2 Å². The lowest BCUT2D eigenvalue weighted by atomic mass is 10.1. The molecule has 0 spiro atoms. The maximum atomic E-state index is 12.4. The summed E-state index contributed by atoms with van der Waals surface area (Å²) in [6.45, 7) is 2.37. The van der Waals surface area contributed by atoms with Gasteiger partial charge in [-0.1, -0.05) is 23.7 Å². The minimum atomic E-state index is -0.148. The van der Waals surface area contributed by atoms with E-state index in [9.17, 15) is 4.79 Å². The first kappa shape index (κ1) is 14.7. The van der Waals surface area contributed by atoms with Crippen molar-refractivity contribution in [2.45, 2.75) is 13.5 Å². The molecule has 0 unspecified atom stereocenters. The first-order valence-electron chi connectivity index (χ1n) is 7.46. The van der Waals surface area contributed by atoms with E-state index < -0.39 is 0 Å². The van der Waals surface area contributed by atoms with Crippen LogP contribution >= 0.6 is 11.6 Å². The van der Waals surface area contributed by atoms with E-state index in [1.165, 1.54) is 10.6 Å². The van der Waals surface area contributed by atoms with Gasteiger partial charge in [0.1, 0.15) is 0 Å². The number of aryl methyl sites for hydroxylation is 1. The SMILES string of the molecule is Cc1[nH]n2c(=O)cc(Cn3cccn3)nc2c1-c1ccc(Cl)cc1. The van der Waals surface area contributed by atoms with Crippen LogP contribution in [0.5, 0.6) is 0 Å². The maximum Gasteiger partial charge on any atom is 0.272 e. The van der Waals surface area contributed by atoms with E-state index in [-0.39, 0.29) is 5.56 Å². The van der Waals surface area contributed by atoms with E-state index in [1.807, 2.05) is 43.5 Å². The number of benzene rings is 1. The molecule has 1 N–H and O–H groups in total. The molecular weight excluding hydrogens is 326 g/mol. The number of aromatic nitrogens is 5. The lowest BCUT2D eigenvalue weighted by Crippen LogP contribution is -2.17. The molecule has 4 aromatic rings. The van der Waals surface area contributed by atoms with Crippen LogP contribution in [0.1, 0.15) is 11.4 Å². The standard InChI is InChI=1S/C17H14ClN5O/c1-11-16(12-3-5-13(18)6-4-12)17-20-14(9-15(24)23(17)21-11)10-22-8-2-7-19-22/h2-9,21H,10H2,1H3. The van der Waals surface area contributed by atoms with Crippen LogP contribution in [0, 0.1) is 6.92 Å². The van der Waals surface area contributed by atoms with Crippen LogP contribution in [0.25, 0.3) is 16.8 Å². The van der Waals surface area contributed by atoms with Crippen LogP contribution in [0.3, 0.4) is 0 Å². The van der Waals surface area contributed by atoms with Gasteiger partial charge in [-0.3, -0.25) is 14.6 Å². The number of nitrogens with zero attached hydrogens (tertiary/aromatic N) is 4. The van der Waals surface area contributed by atoms with E-state index in [1.54, 1.807) is 10.9 Å². The topological polar surface area (TPSA) is 68.0 Å². The second kappa shape index (κ2) is 5.65. The lowest BCUT2D eigenvalue weighted by molar-refractivity contribution is 0.669. The molecule has 3 aromatic heterocycles. The molecule has 0 aliphatic carbocycles. The maximum absolute atomic E-state index is 12.4. The summed E-state index contributed by atoms with van der Waals surface area (Å²) >= 11 is 5.97. The molecule has 0 saturated heterocycles. The van der Waals surface area contributed by atoms with Crippen molar-refractivity contribution in [2.24, 2.45) is 0 Å². The van der Waals surface area contributed by atoms with Crippen LogP contribution in [0.2, 0.25) is 5.02 Å². The smallest absolute Gasteiger partial charge is 0.272 e. The first-order chi connectivity index (χ1) is 11.6. The zero-order valence-electron chi connectivity index (χ0n) is 12.9. The first-order valence-corrected chi connectivity index (χ1v) is 7.84. The fraction of sp³-hybridized carbons (Fsp3) is 0.118. The normalized spacial score (nSPS) is 11.2. The Morgan fingerprint density at radius 3 is 2.75 bits per heavy atom. The second-order valence-electron chi connectivity index (χ2n) is 5.57. The Labute approximate surface area is 142 Å². The number of nitrogens with one attached hydrogen (secondary N) is 1. The van der Waals surface area contributed by atoms with Gasteiger partial charge >= 0.3 is 0 Å². The predicted molar refractivity (Wildman–Crippen MR) is 92.3 cm³/mol. The number of halogens is 1. The quantitative estimate of drug-likeness (QED) is 0.624. The highest BCUT2D eigenvalue weighted by Crippen LogP contribution is 2.27. The van der Waals surface area contributed by atoms with Gasteiger partial charge in [0.25, 0.3) is 5.56 Å². The summed E-state index contributed by atoms with van der Waals surface area (Å²) < 4.78 is 3.20. The monoisotopic (exact) mass is 339 g/mol. The molecule has 0 fully saturated rings. The van der Waals surface area contributed by atoms with Crippen LogP contribution in [-0.2, 0) is 6.54 Å². The van der Waals surface area contributed by atoms with Crippen molar-refractivity contribution in [2.75, 3.05) is 0 Å². The third kappa shape index (κ3) is 2.51. The van der Waals surface area contributed by atoms with E-state index in [0.29, 0.717) is 22.9 Å². The van der Waals surface area contributed by atoms with Crippen LogP contribution in [-0.4, -0.2) is 24.4 Å². The van der Waals surface area contributed by atoms with Gasteiger partial charge in [0.2, 0.25) is 0 Å². The number of aromatic amines is 1. The van der Waals surface area contributed by atoms with Gasteiger partial charge in [-0.25, -0.2) is 9.50 Å². The minimum absolute atomic E-state index is 0.148. The fourth-order valence-electron chi connectivity index (χ4n) is 2.80. The largest absolute Gasteiger partial charge is 0.293 e. The molecule has 120 valence electrons. The zero-order chi connectivity index (χ0) is 16.7. The van der Waals surface area contributed by atoms with E-state index >= 15 is 0 Å². The van der Waals surface area contributed by atoms with Crippen molar-refractivity contribution in [1.29, 1.82) is 0 Å². The molecule has 0 bridgehead atoms. The summed E-state index contributed by atoms with van der Waals surface area (Å²) in [7, 11) is 0. The van der Waals surface area contributed by atoms with Crippen LogP contribution in [0.4, 0.5) is 0 Å². The molecule has 0 aliphatic rings. The van der Waals surface area contributed by atoms with Gasteiger partial charge in [0, 0.05) is 34.7 Å². The van der Waals surface area contributed by atoms with Gasteiger partial charge in [-0.15, -0.1) is 0 Å². The van der Waals surface area contributed by atoms with Gasteiger partial charge in [-0.2, -0.15) is 5.10 Å². The predicted octanol–water partition coefficient (Wildman–Crippen LogP) is 2.90. The Morgan fingerprint density at radius 1 is 1.25 bits per heavy atom. The van der Waals surface area contributed by atoms with Crippen molar-refractivity contribution < 1.29 is 0 Å². The third-order valence-corrected chi connectivity index (χ3v) is 4.12. The third-order valence-electron chi connectivity index (χ3n) is 3.87. The van der Waals surface area contributed by atoms with Crippen molar-refractivity contribution in [1.82, 2.24) is 24.4 Å². The Balaban J connectivity index is 1.90. The zero-order valence-corrected chi connectivity index (χ0v) is 13.7. The minimum Gasteiger partial charge on any atom is -0.293 e. The molecule has 0 radical (unpaired) electrons. The van der Waals surface area contributed by atoms with Crippen molar-refractivity contribution in [3.8, 4) is 11.1 Å². The Morgan fingerprint density at radius 2 is 2.04 bits per heavy atom. The Hall–Kier alpha value is -2.86. The van der Waals surface area contributed by atoms with Crippen LogP contribution < -0.4 is 5.56 Å². The second-order valence-corrected chi connectivity index (χ2v) is 6.00. The number of hydrogen-bond acceptors (Lipinski definition) is 3. The van der Waals surface area contributed by atoms with E-state index in [0.717, 1.165) is 16.8 Å². The average Bonchev–Trinajstić information content (AvgIpc) is 3.16. The number of fused-ring (bicyclic) bond motifs is 1. The molecule has 4 rings (SSSR count). The molecule has 24 heavy (non-hydrogen) atoms. The summed E-state index contributed by atoms with van der Waals surface area (Å²) in [6.07, 6.45) is 3.54. The molecule has 3 heterocycles. The van der Waals surface area contributed by atoms with E-state index in [4.69, 9.17) is 11.6 Å². The summed E-state index contributed by atoms with van der Waals surface area (Å²) in [5.41, 5.74) is 3.84. The molecule has 1 aromatic carbocycles. The summed E-state index contributed by atoms with van der Waals surface area (Å²) in [6, 6.07) is 10.9. The van der Waals surface area contributed by atoms with Gasteiger partial charge in [-0.05, 0) is 30.7 Å². The molecule has 0 amide bonds. The van der Waals surface area contributed by atoms with Crippen LogP contribution in [0.15, 0.2) is 53.6 Å². The summed E-state index contributed by atoms with van der Waals surface area (Å²) in [5, 5.41) is 7.91. The van der Waals surface area contributed by atoms with Gasteiger partial charge in [0.15, 0.2) is 5.65 Å². The van der Waals surface area contributed by atoms with E-state index in [2.05, 4.69) is 15.2 Å². The Bertz CT molecular complexity index is 1060. The highest BCUT2D eigenvalue weighted by Gasteiger charge is 2.14. The number of rotatable bonds is 3. The van der Waals surface area contributed by atoms with Gasteiger partial charge < -0.3 is 0 Å². The number of hydrogen-bond donors (Lipinski definition) is 1. The number of H-pyrrole nitrogens is 1. The highest BCUT2D eigenvalue weighted by atomic mass is 35.5. The lowest BCUT2D eigenvalue weighted by Gasteiger charge is -2.04. The highest BCUT2D eigenvalue weighted by molar-refractivity contribution is 6.30. The Kier molecular flexibility index (Phi) is 3.46. The molecule has 0 saturated carbocycles. The van der Waals surface area contributed by atoms with Crippen molar-refractivity contribution in [3.63, 3.8) is 0 Å². The molecule has 6 nitrogen and oxygen atoms in total. The molecule has 0 aliphatic heterocycles. The molecular formula is C17H14ClN5O. The summed E-state index contributed by atoms with van der Waals surface area (Å²) in [4.78, 5) is 17.1. The molecule has 7 heteroatoms. The molecule has 0 atom stereocenters. The van der Waals surface area contributed by atoms with Crippen molar-refractivity contribution in [3.05, 3.63) is 75.6 Å². The fourth-order valence-corrected chi connectivity index (χ4v) is 2.93. The average molecular weight is 340 g/mol. The summed E-state index contributed by atoms with van der Waals surface area (Å²) in [5.74, 6) is 0.